The second kappa shape index (κ2) is 6.15. The SMILES string of the molecule is O=C(c1ncccc1O)N1[C@@H]2CC[C@H]1[C@](CO)(Cc1ccccc1)C2. The Bertz CT molecular complexity index is 780. The molecule has 2 aliphatic heterocycles. The third-order valence-corrected chi connectivity index (χ3v) is 5.79. The van der Waals surface area contributed by atoms with Gasteiger partial charge < -0.3 is 15.1 Å². The molecule has 0 spiro atoms. The predicted octanol–water partition coefficient (Wildman–Crippen LogP) is 2.39. The maximum absolute atomic E-state index is 13.0. The first-order valence-electron chi connectivity index (χ1n) is 8.76. The molecule has 2 aliphatic rings. The van der Waals surface area contributed by atoms with Gasteiger partial charge in [0.1, 0.15) is 5.75 Å². The number of carbonyl (C=O) groups is 1. The molecule has 2 fully saturated rings. The normalized spacial score (nSPS) is 27.6. The average Bonchev–Trinajstić information content (AvgIpc) is 3.18. The zero-order chi connectivity index (χ0) is 17.4. The van der Waals surface area contributed by atoms with Crippen LogP contribution in [0.3, 0.4) is 0 Å². The van der Waals surface area contributed by atoms with E-state index >= 15 is 0 Å². The van der Waals surface area contributed by atoms with Gasteiger partial charge in [-0.15, -0.1) is 0 Å². The number of hydrogen-bond donors (Lipinski definition) is 2. The zero-order valence-electron chi connectivity index (χ0n) is 14.0. The lowest BCUT2D eigenvalue weighted by atomic mass is 9.70. The molecule has 130 valence electrons. The van der Waals surface area contributed by atoms with Crippen molar-refractivity contribution in [3.05, 3.63) is 59.9 Å². The van der Waals surface area contributed by atoms with Crippen LogP contribution in [-0.2, 0) is 6.42 Å². The molecule has 1 amide bonds. The van der Waals surface area contributed by atoms with Crippen molar-refractivity contribution in [3.8, 4) is 5.75 Å². The minimum Gasteiger partial charge on any atom is -0.505 e. The van der Waals surface area contributed by atoms with Crippen molar-refractivity contribution < 1.29 is 15.0 Å². The highest BCUT2D eigenvalue weighted by Crippen LogP contribution is 2.51. The topological polar surface area (TPSA) is 73.7 Å². The lowest BCUT2D eigenvalue weighted by Gasteiger charge is -2.36. The van der Waals surface area contributed by atoms with Crippen molar-refractivity contribution in [1.82, 2.24) is 9.88 Å². The second-order valence-corrected chi connectivity index (χ2v) is 7.22. The Morgan fingerprint density at radius 2 is 2.00 bits per heavy atom. The van der Waals surface area contributed by atoms with Gasteiger partial charge in [-0.2, -0.15) is 0 Å². The first-order chi connectivity index (χ1) is 12.1. The molecule has 1 aromatic carbocycles. The molecular formula is C20H22N2O3. The molecule has 1 aromatic heterocycles. The smallest absolute Gasteiger partial charge is 0.276 e. The van der Waals surface area contributed by atoms with Crippen molar-refractivity contribution in [1.29, 1.82) is 0 Å². The molecular weight excluding hydrogens is 316 g/mol. The van der Waals surface area contributed by atoms with Gasteiger partial charge in [0.25, 0.3) is 5.91 Å². The number of pyridine rings is 1. The van der Waals surface area contributed by atoms with E-state index in [4.69, 9.17) is 0 Å². The third kappa shape index (κ3) is 2.59. The number of aromatic nitrogens is 1. The predicted molar refractivity (Wildman–Crippen MR) is 93.2 cm³/mol. The number of aliphatic hydroxyl groups excluding tert-OH is 1. The fraction of sp³-hybridized carbons (Fsp3) is 0.400. The Hall–Kier alpha value is -2.40. The molecule has 5 nitrogen and oxygen atoms in total. The number of aliphatic hydroxyl groups is 1. The van der Waals surface area contributed by atoms with Gasteiger partial charge in [0.05, 0.1) is 6.61 Å². The summed E-state index contributed by atoms with van der Waals surface area (Å²) in [6.45, 7) is 0.0566. The van der Waals surface area contributed by atoms with Crippen LogP contribution in [0.4, 0.5) is 0 Å². The first-order valence-corrected chi connectivity index (χ1v) is 8.76. The standard InChI is InChI=1S/C20H22N2O3/c23-13-20(11-14-5-2-1-3-6-14)12-15-8-9-17(20)22(15)19(25)18-16(24)7-4-10-21-18/h1-7,10,15,17,23-24H,8-9,11-13H2/t15-,17+,20-/m1/s1. The Kier molecular flexibility index (Phi) is 3.96. The van der Waals surface area contributed by atoms with E-state index in [2.05, 4.69) is 17.1 Å². The Morgan fingerprint density at radius 1 is 1.20 bits per heavy atom. The van der Waals surface area contributed by atoms with Gasteiger partial charge in [-0.3, -0.25) is 4.79 Å². The van der Waals surface area contributed by atoms with Gasteiger partial charge in [0, 0.05) is 23.7 Å². The molecule has 0 aliphatic carbocycles. The molecule has 3 atom stereocenters. The summed E-state index contributed by atoms with van der Waals surface area (Å²) in [5.74, 6) is -0.314. The Balaban J connectivity index is 1.64. The molecule has 0 saturated carbocycles. The van der Waals surface area contributed by atoms with Crippen molar-refractivity contribution in [2.24, 2.45) is 5.41 Å². The maximum atomic E-state index is 13.0. The summed E-state index contributed by atoms with van der Waals surface area (Å²) < 4.78 is 0. The number of carbonyl (C=O) groups excluding carboxylic acids is 1. The second-order valence-electron chi connectivity index (χ2n) is 7.22. The Labute approximate surface area is 146 Å². The van der Waals surface area contributed by atoms with E-state index in [0.29, 0.717) is 0 Å². The number of rotatable bonds is 4. The molecule has 0 unspecified atom stereocenters. The molecule has 2 N–H and O–H groups in total. The van der Waals surface area contributed by atoms with Gasteiger partial charge in [-0.1, -0.05) is 30.3 Å². The maximum Gasteiger partial charge on any atom is 0.276 e. The van der Waals surface area contributed by atoms with Crippen molar-refractivity contribution in [2.75, 3.05) is 6.61 Å². The fourth-order valence-corrected chi connectivity index (χ4v) is 4.70. The van der Waals surface area contributed by atoms with E-state index < -0.39 is 0 Å². The van der Waals surface area contributed by atoms with E-state index in [1.807, 2.05) is 23.1 Å². The quantitative estimate of drug-likeness (QED) is 0.898. The number of hydrogen-bond acceptors (Lipinski definition) is 4. The lowest BCUT2D eigenvalue weighted by molar-refractivity contribution is 0.0564. The highest BCUT2D eigenvalue weighted by atomic mass is 16.3. The summed E-state index contributed by atoms with van der Waals surface area (Å²) >= 11 is 0. The molecule has 2 aromatic rings. The largest absolute Gasteiger partial charge is 0.505 e. The molecule has 2 saturated heterocycles. The van der Waals surface area contributed by atoms with E-state index in [1.165, 1.54) is 17.8 Å². The monoisotopic (exact) mass is 338 g/mol. The van der Waals surface area contributed by atoms with Crippen LogP contribution in [0, 0.1) is 5.41 Å². The van der Waals surface area contributed by atoms with E-state index in [1.54, 1.807) is 6.07 Å². The summed E-state index contributed by atoms with van der Waals surface area (Å²) in [7, 11) is 0. The summed E-state index contributed by atoms with van der Waals surface area (Å²) in [5.41, 5.74) is 0.967. The highest BCUT2D eigenvalue weighted by molar-refractivity contribution is 5.95. The number of benzene rings is 1. The van der Waals surface area contributed by atoms with E-state index in [9.17, 15) is 15.0 Å². The Morgan fingerprint density at radius 3 is 2.72 bits per heavy atom. The molecule has 2 bridgehead atoms. The van der Waals surface area contributed by atoms with E-state index in [0.717, 1.165) is 25.7 Å². The van der Waals surface area contributed by atoms with Crippen LogP contribution in [0.25, 0.3) is 0 Å². The number of aromatic hydroxyl groups is 1. The fourth-order valence-electron chi connectivity index (χ4n) is 4.70. The molecule has 5 heteroatoms. The van der Waals surface area contributed by atoms with Gasteiger partial charge >= 0.3 is 0 Å². The summed E-state index contributed by atoms with van der Waals surface area (Å²) in [4.78, 5) is 18.9. The van der Waals surface area contributed by atoms with E-state index in [-0.39, 0.29) is 41.5 Å². The lowest BCUT2D eigenvalue weighted by Crippen LogP contribution is -2.44. The van der Waals surface area contributed by atoms with Crippen molar-refractivity contribution in [2.45, 2.75) is 37.8 Å². The third-order valence-electron chi connectivity index (χ3n) is 5.79. The summed E-state index contributed by atoms with van der Waals surface area (Å²) in [6, 6.07) is 13.3. The van der Waals surface area contributed by atoms with Crippen LogP contribution in [0.1, 0.15) is 35.3 Å². The van der Waals surface area contributed by atoms with Gasteiger partial charge in [-0.25, -0.2) is 4.98 Å². The van der Waals surface area contributed by atoms with Gasteiger partial charge in [0.15, 0.2) is 5.69 Å². The first kappa shape index (κ1) is 16.1. The minimum absolute atomic E-state index is 0.0170. The van der Waals surface area contributed by atoms with Crippen LogP contribution in [0.5, 0.6) is 5.75 Å². The average molecular weight is 338 g/mol. The van der Waals surface area contributed by atoms with Crippen LogP contribution in [0.15, 0.2) is 48.7 Å². The minimum atomic E-state index is -0.315. The molecule has 4 rings (SSSR count). The van der Waals surface area contributed by atoms with Crippen molar-refractivity contribution in [3.63, 3.8) is 0 Å². The van der Waals surface area contributed by atoms with Crippen LogP contribution in [0.2, 0.25) is 0 Å². The number of nitrogens with zero attached hydrogens (tertiary/aromatic N) is 2. The van der Waals surface area contributed by atoms with Gasteiger partial charge in [-0.05, 0) is 43.4 Å². The van der Waals surface area contributed by atoms with Gasteiger partial charge in [0.2, 0.25) is 0 Å². The zero-order valence-corrected chi connectivity index (χ0v) is 14.0. The van der Waals surface area contributed by atoms with Crippen molar-refractivity contribution >= 4 is 5.91 Å². The highest BCUT2D eigenvalue weighted by Gasteiger charge is 2.57. The number of amides is 1. The molecule has 3 heterocycles. The molecule has 0 radical (unpaired) electrons. The van der Waals surface area contributed by atoms with Crippen LogP contribution >= 0.6 is 0 Å². The summed E-state index contributed by atoms with van der Waals surface area (Å²) in [5, 5.41) is 20.2. The number of fused-ring (bicyclic) bond motifs is 2. The summed E-state index contributed by atoms with van der Waals surface area (Å²) in [6.07, 6.45) is 4.90. The van der Waals surface area contributed by atoms with Crippen LogP contribution < -0.4 is 0 Å². The molecule has 25 heavy (non-hydrogen) atoms. The van der Waals surface area contributed by atoms with Crippen LogP contribution in [-0.4, -0.2) is 44.7 Å².